The second kappa shape index (κ2) is 4.52. The molecule has 2 heterocycles. The summed E-state index contributed by atoms with van der Waals surface area (Å²) in [6.07, 6.45) is 4.42. The molecule has 0 unspecified atom stereocenters. The molecule has 2 rings (SSSR count). The zero-order valence-electron chi connectivity index (χ0n) is 7.43. The molecule has 0 saturated carbocycles. The summed E-state index contributed by atoms with van der Waals surface area (Å²) < 4.78 is 1.95. The molecular formula is C8H9ClN4S. The van der Waals surface area contributed by atoms with Gasteiger partial charge in [-0.05, 0) is 0 Å². The molecule has 0 aliphatic rings. The first-order chi connectivity index (χ1) is 6.90. The Labute approximate surface area is 90.6 Å². The lowest BCUT2D eigenvalue weighted by atomic mass is 10.4. The number of aryl methyl sites for hydroxylation is 2. The van der Waals surface area contributed by atoms with E-state index in [1.807, 2.05) is 16.1 Å². The Bertz CT molecular complexity index is 384. The monoisotopic (exact) mass is 228 g/mol. The maximum atomic E-state index is 5.70. The molecule has 0 amide bonds. The van der Waals surface area contributed by atoms with Crippen LogP contribution in [0.3, 0.4) is 0 Å². The smallest absolute Gasteiger partial charge is 0.147 e. The zero-order valence-corrected chi connectivity index (χ0v) is 9.00. The van der Waals surface area contributed by atoms with E-state index in [0.717, 1.165) is 23.8 Å². The highest BCUT2D eigenvalue weighted by Gasteiger charge is 2.03. The average Bonchev–Trinajstić information content (AvgIpc) is 2.85. The van der Waals surface area contributed by atoms with Gasteiger partial charge in [0.15, 0.2) is 0 Å². The third-order valence-corrected chi connectivity index (χ3v) is 2.94. The molecule has 0 radical (unpaired) electrons. The van der Waals surface area contributed by atoms with E-state index in [1.54, 1.807) is 17.7 Å². The number of halogens is 1. The van der Waals surface area contributed by atoms with Crippen molar-refractivity contribution in [2.75, 3.05) is 0 Å². The number of thiazole rings is 1. The van der Waals surface area contributed by atoms with Crippen molar-refractivity contribution in [1.82, 2.24) is 19.7 Å². The largest absolute Gasteiger partial charge is 0.316 e. The number of aromatic nitrogens is 4. The van der Waals surface area contributed by atoms with Crippen molar-refractivity contribution in [2.45, 2.75) is 18.8 Å². The van der Waals surface area contributed by atoms with E-state index in [0.29, 0.717) is 5.88 Å². The van der Waals surface area contributed by atoms with Crippen LogP contribution >= 0.6 is 22.9 Å². The Kier molecular flexibility index (Phi) is 3.10. The van der Waals surface area contributed by atoms with Crippen molar-refractivity contribution in [1.29, 1.82) is 0 Å². The Morgan fingerprint density at radius 2 is 2.43 bits per heavy atom. The first kappa shape index (κ1) is 9.61. The van der Waals surface area contributed by atoms with Crippen molar-refractivity contribution in [3.05, 3.63) is 28.7 Å². The van der Waals surface area contributed by atoms with E-state index in [-0.39, 0.29) is 0 Å². The predicted octanol–water partition coefficient (Wildman–Crippen LogP) is 1.72. The summed E-state index contributed by atoms with van der Waals surface area (Å²) in [5, 5.41) is 10.8. The number of hydrogen-bond donors (Lipinski definition) is 0. The summed E-state index contributed by atoms with van der Waals surface area (Å²) in [6, 6.07) is 0. The minimum atomic E-state index is 0.401. The zero-order chi connectivity index (χ0) is 9.80. The Balaban J connectivity index is 1.98. The molecule has 0 aliphatic carbocycles. The van der Waals surface area contributed by atoms with Gasteiger partial charge >= 0.3 is 0 Å². The van der Waals surface area contributed by atoms with Gasteiger partial charge in [0.1, 0.15) is 12.2 Å². The maximum absolute atomic E-state index is 5.70. The molecule has 2 aromatic rings. The van der Waals surface area contributed by atoms with Crippen LogP contribution in [0.5, 0.6) is 0 Å². The number of rotatable bonds is 4. The molecular weight excluding hydrogens is 220 g/mol. The van der Waals surface area contributed by atoms with Crippen LogP contribution in [0.25, 0.3) is 0 Å². The molecule has 14 heavy (non-hydrogen) atoms. The highest BCUT2D eigenvalue weighted by atomic mass is 35.5. The van der Waals surface area contributed by atoms with Crippen LogP contribution in [0, 0.1) is 0 Å². The SMILES string of the molecule is ClCc1nncn1CCc1nccs1. The standard InChI is InChI=1S/C8H9ClN4S/c9-5-7-12-11-6-13(7)3-1-8-10-2-4-14-8/h2,4,6H,1,3,5H2. The van der Waals surface area contributed by atoms with Gasteiger partial charge in [0.05, 0.1) is 10.9 Å². The number of nitrogens with zero attached hydrogens (tertiary/aromatic N) is 4. The first-order valence-electron chi connectivity index (χ1n) is 4.21. The second-order valence-corrected chi connectivity index (χ2v) is 4.00. The van der Waals surface area contributed by atoms with Gasteiger partial charge in [0, 0.05) is 24.5 Å². The van der Waals surface area contributed by atoms with Gasteiger partial charge < -0.3 is 4.57 Å². The topological polar surface area (TPSA) is 43.6 Å². The summed E-state index contributed by atoms with van der Waals surface area (Å²) in [6.45, 7) is 0.836. The predicted molar refractivity (Wildman–Crippen MR) is 55.4 cm³/mol. The van der Waals surface area contributed by atoms with E-state index in [2.05, 4.69) is 15.2 Å². The van der Waals surface area contributed by atoms with E-state index >= 15 is 0 Å². The molecule has 6 heteroatoms. The fourth-order valence-corrected chi connectivity index (χ4v) is 1.98. The van der Waals surface area contributed by atoms with Crippen LogP contribution in [0.2, 0.25) is 0 Å². The summed E-state index contributed by atoms with van der Waals surface area (Å²) in [5.41, 5.74) is 0. The van der Waals surface area contributed by atoms with E-state index in [1.165, 1.54) is 0 Å². The van der Waals surface area contributed by atoms with Crippen molar-refractivity contribution in [2.24, 2.45) is 0 Å². The molecule has 0 bridgehead atoms. The summed E-state index contributed by atoms with van der Waals surface area (Å²) in [4.78, 5) is 4.20. The van der Waals surface area contributed by atoms with Crippen LogP contribution < -0.4 is 0 Å². The van der Waals surface area contributed by atoms with E-state index in [9.17, 15) is 0 Å². The van der Waals surface area contributed by atoms with Gasteiger partial charge in [-0.2, -0.15) is 0 Å². The summed E-state index contributed by atoms with van der Waals surface area (Å²) in [7, 11) is 0. The summed E-state index contributed by atoms with van der Waals surface area (Å²) in [5.74, 6) is 1.21. The second-order valence-electron chi connectivity index (χ2n) is 2.75. The lowest BCUT2D eigenvalue weighted by Crippen LogP contribution is -2.03. The van der Waals surface area contributed by atoms with Crippen LogP contribution in [-0.2, 0) is 18.8 Å². The number of hydrogen-bond acceptors (Lipinski definition) is 4. The maximum Gasteiger partial charge on any atom is 0.147 e. The highest BCUT2D eigenvalue weighted by molar-refractivity contribution is 7.09. The third kappa shape index (κ3) is 2.10. The third-order valence-electron chi connectivity index (χ3n) is 1.87. The van der Waals surface area contributed by atoms with Crippen LogP contribution in [0.1, 0.15) is 10.8 Å². The molecule has 0 N–H and O–H groups in total. The first-order valence-corrected chi connectivity index (χ1v) is 5.62. The van der Waals surface area contributed by atoms with Gasteiger partial charge in [-0.1, -0.05) is 0 Å². The normalized spacial score (nSPS) is 10.6. The van der Waals surface area contributed by atoms with Gasteiger partial charge in [0.25, 0.3) is 0 Å². The fraction of sp³-hybridized carbons (Fsp3) is 0.375. The van der Waals surface area contributed by atoms with Crippen molar-refractivity contribution >= 4 is 22.9 Å². The minimum Gasteiger partial charge on any atom is -0.316 e. The minimum absolute atomic E-state index is 0.401. The molecule has 0 aliphatic heterocycles. The van der Waals surface area contributed by atoms with Gasteiger partial charge in [-0.25, -0.2) is 4.98 Å². The van der Waals surface area contributed by atoms with Gasteiger partial charge in [-0.3, -0.25) is 0 Å². The fourth-order valence-electron chi connectivity index (χ4n) is 1.16. The Morgan fingerprint density at radius 3 is 3.14 bits per heavy atom. The van der Waals surface area contributed by atoms with Crippen LogP contribution in [0.4, 0.5) is 0 Å². The molecule has 0 atom stereocenters. The van der Waals surface area contributed by atoms with Crippen LogP contribution in [-0.4, -0.2) is 19.7 Å². The quantitative estimate of drug-likeness (QED) is 0.749. The Morgan fingerprint density at radius 1 is 1.50 bits per heavy atom. The molecule has 0 saturated heterocycles. The lowest BCUT2D eigenvalue weighted by molar-refractivity contribution is 0.666. The molecule has 0 spiro atoms. The Hall–Kier alpha value is -0.940. The molecule has 2 aromatic heterocycles. The molecule has 0 fully saturated rings. The summed E-state index contributed by atoms with van der Waals surface area (Å²) >= 11 is 7.36. The highest BCUT2D eigenvalue weighted by Crippen LogP contribution is 2.07. The lowest BCUT2D eigenvalue weighted by Gasteiger charge is -2.01. The van der Waals surface area contributed by atoms with Crippen molar-refractivity contribution in [3.8, 4) is 0 Å². The van der Waals surface area contributed by atoms with Crippen molar-refractivity contribution < 1.29 is 0 Å². The van der Waals surface area contributed by atoms with Crippen LogP contribution in [0.15, 0.2) is 17.9 Å². The number of alkyl halides is 1. The average molecular weight is 229 g/mol. The van der Waals surface area contributed by atoms with Gasteiger partial charge in [0.2, 0.25) is 0 Å². The van der Waals surface area contributed by atoms with Gasteiger partial charge in [-0.15, -0.1) is 33.1 Å². The van der Waals surface area contributed by atoms with E-state index in [4.69, 9.17) is 11.6 Å². The van der Waals surface area contributed by atoms with Crippen molar-refractivity contribution in [3.63, 3.8) is 0 Å². The molecule has 0 aromatic carbocycles. The molecule has 4 nitrogen and oxygen atoms in total. The van der Waals surface area contributed by atoms with E-state index < -0.39 is 0 Å². The molecule has 74 valence electrons.